The Morgan fingerprint density at radius 1 is 1.16 bits per heavy atom. The quantitative estimate of drug-likeness (QED) is 0.755. The first-order chi connectivity index (χ1) is 11.9. The summed E-state index contributed by atoms with van der Waals surface area (Å²) >= 11 is 5.76. The molecule has 4 N–H and O–H groups in total. The van der Waals surface area contributed by atoms with Crippen LogP contribution < -0.4 is 21.1 Å². The van der Waals surface area contributed by atoms with E-state index in [0.717, 1.165) is 6.07 Å². The van der Waals surface area contributed by atoms with Crippen molar-refractivity contribution in [1.82, 2.24) is 5.32 Å². The van der Waals surface area contributed by atoms with Crippen LogP contribution in [-0.4, -0.2) is 24.5 Å². The standard InChI is InChI=1S/C16H13ClFN3O4/c17-9-5-6-13(10(7-9)15(19)23)25-8-14(22)21-16(24)20-12-4-2-1-3-11(12)18/h1-7H,8H2,(H2,19,23)(H2,20,21,22,24). The molecule has 0 atom stereocenters. The third kappa shape index (κ3) is 5.18. The number of hydrogen-bond acceptors (Lipinski definition) is 4. The normalized spacial score (nSPS) is 10.0. The molecule has 0 saturated heterocycles. The maximum atomic E-state index is 13.4. The Bertz CT molecular complexity index is 829. The van der Waals surface area contributed by atoms with Gasteiger partial charge in [-0.2, -0.15) is 0 Å². The molecule has 0 bridgehead atoms. The number of nitrogens with one attached hydrogen (secondary N) is 2. The lowest BCUT2D eigenvalue weighted by Crippen LogP contribution is -2.37. The van der Waals surface area contributed by atoms with E-state index in [2.05, 4.69) is 5.32 Å². The highest BCUT2D eigenvalue weighted by molar-refractivity contribution is 6.31. The summed E-state index contributed by atoms with van der Waals surface area (Å²) < 4.78 is 18.6. The summed E-state index contributed by atoms with van der Waals surface area (Å²) in [5, 5.41) is 4.42. The summed E-state index contributed by atoms with van der Waals surface area (Å²) in [6.45, 7) is -0.563. The minimum atomic E-state index is -0.926. The number of para-hydroxylation sites is 1. The lowest BCUT2D eigenvalue weighted by atomic mass is 10.2. The van der Waals surface area contributed by atoms with Gasteiger partial charge in [0.1, 0.15) is 11.6 Å². The van der Waals surface area contributed by atoms with Gasteiger partial charge in [0, 0.05) is 5.02 Å². The van der Waals surface area contributed by atoms with Crippen molar-refractivity contribution in [3.05, 3.63) is 58.9 Å². The summed E-state index contributed by atoms with van der Waals surface area (Å²) in [6.07, 6.45) is 0. The smallest absolute Gasteiger partial charge is 0.326 e. The Morgan fingerprint density at radius 2 is 1.88 bits per heavy atom. The number of hydrogen-bond donors (Lipinski definition) is 3. The third-order valence-electron chi connectivity index (χ3n) is 2.94. The largest absolute Gasteiger partial charge is 0.483 e. The maximum Gasteiger partial charge on any atom is 0.326 e. The molecule has 2 aromatic rings. The number of anilines is 1. The number of nitrogens with two attached hydrogens (primary N) is 1. The van der Waals surface area contributed by atoms with Crippen LogP contribution in [0.3, 0.4) is 0 Å². The SMILES string of the molecule is NC(=O)c1cc(Cl)ccc1OCC(=O)NC(=O)Nc1ccccc1F. The lowest BCUT2D eigenvalue weighted by molar-refractivity contribution is -0.121. The fourth-order valence-corrected chi connectivity index (χ4v) is 2.01. The number of carbonyl (C=O) groups is 3. The zero-order valence-electron chi connectivity index (χ0n) is 12.7. The summed E-state index contributed by atoms with van der Waals surface area (Å²) in [4.78, 5) is 34.7. The van der Waals surface area contributed by atoms with Crippen LogP contribution in [0.15, 0.2) is 42.5 Å². The average Bonchev–Trinajstić information content (AvgIpc) is 2.55. The number of benzene rings is 2. The van der Waals surface area contributed by atoms with E-state index in [1.807, 2.05) is 5.32 Å². The molecule has 0 aliphatic rings. The van der Waals surface area contributed by atoms with E-state index < -0.39 is 30.3 Å². The number of ether oxygens (including phenoxy) is 1. The van der Waals surface area contributed by atoms with Crippen molar-refractivity contribution in [2.45, 2.75) is 0 Å². The minimum absolute atomic E-state index is 0.00360. The number of urea groups is 1. The highest BCUT2D eigenvalue weighted by atomic mass is 35.5. The first-order valence-electron chi connectivity index (χ1n) is 6.94. The van der Waals surface area contributed by atoms with E-state index in [1.54, 1.807) is 0 Å². The van der Waals surface area contributed by atoms with Crippen LogP contribution in [0.5, 0.6) is 5.75 Å². The van der Waals surface area contributed by atoms with Crippen molar-refractivity contribution in [1.29, 1.82) is 0 Å². The first kappa shape index (κ1) is 18.2. The summed E-state index contributed by atoms with van der Waals surface area (Å²) in [6, 6.07) is 8.67. The van der Waals surface area contributed by atoms with Crippen molar-refractivity contribution in [3.63, 3.8) is 0 Å². The van der Waals surface area contributed by atoms with Crippen molar-refractivity contribution >= 4 is 35.1 Å². The van der Waals surface area contributed by atoms with E-state index in [4.69, 9.17) is 22.1 Å². The Balaban J connectivity index is 1.92. The molecule has 7 nitrogen and oxygen atoms in total. The van der Waals surface area contributed by atoms with Gasteiger partial charge >= 0.3 is 6.03 Å². The Morgan fingerprint density at radius 3 is 2.56 bits per heavy atom. The van der Waals surface area contributed by atoms with E-state index in [9.17, 15) is 18.8 Å². The molecular weight excluding hydrogens is 353 g/mol. The zero-order valence-corrected chi connectivity index (χ0v) is 13.5. The van der Waals surface area contributed by atoms with Crippen LogP contribution in [0.4, 0.5) is 14.9 Å². The number of carbonyl (C=O) groups excluding carboxylic acids is 3. The molecule has 25 heavy (non-hydrogen) atoms. The van der Waals surface area contributed by atoms with Crippen LogP contribution in [0, 0.1) is 5.82 Å². The molecule has 0 radical (unpaired) electrons. The van der Waals surface area contributed by atoms with Gasteiger partial charge < -0.3 is 15.8 Å². The van der Waals surface area contributed by atoms with Crippen molar-refractivity contribution in [3.8, 4) is 5.75 Å². The maximum absolute atomic E-state index is 13.4. The van der Waals surface area contributed by atoms with Crippen LogP contribution in [0.1, 0.15) is 10.4 Å². The third-order valence-corrected chi connectivity index (χ3v) is 3.18. The topological polar surface area (TPSA) is 111 Å². The monoisotopic (exact) mass is 365 g/mol. The lowest BCUT2D eigenvalue weighted by Gasteiger charge is -2.10. The molecule has 130 valence electrons. The van der Waals surface area contributed by atoms with E-state index in [1.165, 1.54) is 36.4 Å². The molecule has 0 heterocycles. The van der Waals surface area contributed by atoms with Gasteiger partial charge in [-0.3, -0.25) is 14.9 Å². The molecular formula is C16H13ClFN3O4. The molecule has 0 aliphatic heterocycles. The second-order valence-electron chi connectivity index (χ2n) is 4.78. The number of primary amides is 1. The molecule has 0 aromatic heterocycles. The van der Waals surface area contributed by atoms with Gasteiger partial charge in [0.25, 0.3) is 11.8 Å². The zero-order chi connectivity index (χ0) is 18.4. The molecule has 4 amide bonds. The van der Waals surface area contributed by atoms with Gasteiger partial charge in [-0.15, -0.1) is 0 Å². The summed E-state index contributed by atoms with van der Waals surface area (Å²) in [5.74, 6) is -2.19. The molecule has 0 spiro atoms. The first-order valence-corrected chi connectivity index (χ1v) is 7.32. The van der Waals surface area contributed by atoms with E-state index in [-0.39, 0.29) is 22.0 Å². The van der Waals surface area contributed by atoms with Crippen LogP contribution in [0.2, 0.25) is 5.02 Å². The Kier molecular flexibility index (Phi) is 5.91. The molecule has 2 aromatic carbocycles. The van der Waals surface area contributed by atoms with Crippen molar-refractivity contribution < 1.29 is 23.5 Å². The number of halogens is 2. The van der Waals surface area contributed by atoms with Crippen LogP contribution in [-0.2, 0) is 4.79 Å². The second-order valence-corrected chi connectivity index (χ2v) is 5.21. The Hall–Kier alpha value is -3.13. The minimum Gasteiger partial charge on any atom is -0.483 e. The molecule has 9 heteroatoms. The number of rotatable bonds is 5. The second kappa shape index (κ2) is 8.11. The van der Waals surface area contributed by atoms with Gasteiger partial charge in [0.15, 0.2) is 6.61 Å². The van der Waals surface area contributed by atoms with Gasteiger partial charge in [0.05, 0.1) is 11.3 Å². The van der Waals surface area contributed by atoms with Gasteiger partial charge in [-0.05, 0) is 30.3 Å². The molecule has 0 saturated carbocycles. The van der Waals surface area contributed by atoms with Gasteiger partial charge in [-0.25, -0.2) is 9.18 Å². The average molecular weight is 366 g/mol. The molecule has 2 rings (SSSR count). The Labute approximate surface area is 146 Å². The van der Waals surface area contributed by atoms with E-state index in [0.29, 0.717) is 0 Å². The highest BCUT2D eigenvalue weighted by Gasteiger charge is 2.14. The van der Waals surface area contributed by atoms with Gasteiger partial charge in [0.2, 0.25) is 0 Å². The summed E-state index contributed by atoms with van der Waals surface area (Å²) in [5.41, 5.74) is 5.11. The number of imide groups is 1. The van der Waals surface area contributed by atoms with Crippen molar-refractivity contribution in [2.24, 2.45) is 5.73 Å². The molecule has 0 unspecified atom stereocenters. The predicted molar refractivity (Wildman–Crippen MR) is 89.0 cm³/mol. The molecule has 0 fully saturated rings. The fourth-order valence-electron chi connectivity index (χ4n) is 1.84. The predicted octanol–water partition coefficient (Wildman–Crippen LogP) is 2.31. The molecule has 0 aliphatic carbocycles. The number of amides is 4. The van der Waals surface area contributed by atoms with Crippen molar-refractivity contribution in [2.75, 3.05) is 11.9 Å². The highest BCUT2D eigenvalue weighted by Crippen LogP contribution is 2.22. The van der Waals surface area contributed by atoms with Crippen LogP contribution >= 0.6 is 11.6 Å². The fraction of sp³-hybridized carbons (Fsp3) is 0.0625. The van der Waals surface area contributed by atoms with Gasteiger partial charge in [-0.1, -0.05) is 23.7 Å². The van der Waals surface area contributed by atoms with Crippen LogP contribution in [0.25, 0.3) is 0 Å². The van der Waals surface area contributed by atoms with E-state index >= 15 is 0 Å². The summed E-state index contributed by atoms with van der Waals surface area (Å²) in [7, 11) is 0.